The summed E-state index contributed by atoms with van der Waals surface area (Å²) in [6.07, 6.45) is 1.91. The van der Waals surface area contributed by atoms with E-state index >= 15 is 0 Å². The lowest BCUT2D eigenvalue weighted by molar-refractivity contribution is -0.115. The van der Waals surface area contributed by atoms with Gasteiger partial charge in [0.15, 0.2) is 0 Å². The minimum atomic E-state index is -0.581. The zero-order valence-electron chi connectivity index (χ0n) is 28.0. The Bertz CT molecular complexity index is 1890. The molecule has 2 aromatic carbocycles. The summed E-state index contributed by atoms with van der Waals surface area (Å²) in [7, 11) is 1.76. The number of carbonyl (C=O) groups excluding carboxylic acids is 4. The van der Waals surface area contributed by atoms with Gasteiger partial charge in [-0.15, -0.1) is 0 Å². The van der Waals surface area contributed by atoms with Crippen LogP contribution in [0.2, 0.25) is 0 Å². The van der Waals surface area contributed by atoms with Crippen LogP contribution in [0.5, 0.6) is 0 Å². The predicted molar refractivity (Wildman–Crippen MR) is 183 cm³/mol. The van der Waals surface area contributed by atoms with Gasteiger partial charge >= 0.3 is 6.09 Å². The molecule has 4 amide bonds. The first-order valence-corrected chi connectivity index (χ1v) is 16.2. The van der Waals surface area contributed by atoms with Gasteiger partial charge in [-0.3, -0.25) is 14.4 Å². The summed E-state index contributed by atoms with van der Waals surface area (Å²) in [4.78, 5) is 64.5. The molecule has 2 aliphatic heterocycles. The maximum Gasteiger partial charge on any atom is 0.410 e. The highest BCUT2D eigenvalue weighted by molar-refractivity contribution is 6.07. The van der Waals surface area contributed by atoms with Gasteiger partial charge in [-0.05, 0) is 68.3 Å². The second kappa shape index (κ2) is 13.5. The molecule has 0 spiro atoms. The van der Waals surface area contributed by atoms with Gasteiger partial charge in [0.1, 0.15) is 17.2 Å². The largest absolute Gasteiger partial charge is 0.444 e. The molecule has 11 nitrogen and oxygen atoms in total. The Morgan fingerprint density at radius 1 is 0.898 bits per heavy atom. The number of ether oxygens (including phenoxy) is 1. The Labute approximate surface area is 284 Å². The number of H-pyrrole nitrogens is 1. The molecule has 0 unspecified atom stereocenters. The van der Waals surface area contributed by atoms with Crippen LogP contribution in [-0.4, -0.2) is 93.9 Å². The van der Waals surface area contributed by atoms with Crippen LogP contribution in [0.3, 0.4) is 0 Å². The normalized spacial score (nSPS) is 14.8. The van der Waals surface area contributed by atoms with E-state index in [9.17, 15) is 23.6 Å². The Morgan fingerprint density at radius 2 is 1.57 bits per heavy atom. The van der Waals surface area contributed by atoms with E-state index in [0.29, 0.717) is 78.5 Å². The van der Waals surface area contributed by atoms with Crippen molar-refractivity contribution in [1.29, 1.82) is 0 Å². The molecule has 0 bridgehead atoms. The third kappa shape index (κ3) is 7.48. The van der Waals surface area contributed by atoms with Crippen molar-refractivity contribution in [2.24, 2.45) is 0 Å². The molecule has 4 heterocycles. The van der Waals surface area contributed by atoms with Crippen LogP contribution in [0.15, 0.2) is 66.9 Å². The number of hydrogen-bond donors (Lipinski definition) is 2. The molecular formula is C37H39FN6O5. The van der Waals surface area contributed by atoms with E-state index in [1.165, 1.54) is 12.1 Å². The molecule has 49 heavy (non-hydrogen) atoms. The van der Waals surface area contributed by atoms with Gasteiger partial charge in [-0.25, -0.2) is 14.2 Å². The van der Waals surface area contributed by atoms with E-state index in [1.54, 1.807) is 76.5 Å². The van der Waals surface area contributed by atoms with E-state index in [0.717, 1.165) is 11.3 Å². The minimum Gasteiger partial charge on any atom is -0.444 e. The number of benzene rings is 2. The topological polar surface area (TPSA) is 128 Å². The lowest BCUT2D eigenvalue weighted by Gasteiger charge is -2.35. The standard InChI is InChI=1S/C37H39FN6O5/c1-37(2,3)49-36(48)44-19-17-43(18-20-44)34(46)25-7-5-23(6-8-25)21-30(45)41-29-22-26(13-15-39-29)33-31(24-9-11-27(38)12-10-24)32-28(40-33)14-16-42(4)35(32)47/h5-13,15,22,40H,14,16-21H2,1-4H3,(H,39,41,45). The lowest BCUT2D eigenvalue weighted by atomic mass is 9.94. The van der Waals surface area contributed by atoms with Crippen molar-refractivity contribution in [2.45, 2.75) is 39.2 Å². The molecule has 2 N–H and O–H groups in total. The quantitative estimate of drug-likeness (QED) is 0.284. The maximum absolute atomic E-state index is 13.8. The van der Waals surface area contributed by atoms with Gasteiger partial charge < -0.3 is 29.7 Å². The van der Waals surface area contributed by atoms with Crippen molar-refractivity contribution in [2.75, 3.05) is 45.1 Å². The number of anilines is 1. The van der Waals surface area contributed by atoms with Crippen LogP contribution in [0.1, 0.15) is 52.7 Å². The average molecular weight is 667 g/mol. The monoisotopic (exact) mass is 666 g/mol. The van der Waals surface area contributed by atoms with Crippen molar-refractivity contribution in [3.05, 3.63) is 95.1 Å². The summed E-state index contributed by atoms with van der Waals surface area (Å²) in [5, 5.41) is 2.85. The second-order valence-electron chi connectivity index (χ2n) is 13.3. The van der Waals surface area contributed by atoms with Gasteiger partial charge in [0, 0.05) is 74.8 Å². The third-order valence-corrected chi connectivity index (χ3v) is 8.57. The number of rotatable bonds is 6. The Balaban J connectivity index is 1.11. The number of hydrogen-bond acceptors (Lipinski definition) is 6. The van der Waals surface area contributed by atoms with E-state index in [4.69, 9.17) is 4.74 Å². The SMILES string of the molecule is CN1CCc2[nH]c(-c3ccnc(NC(=O)Cc4ccc(C(=O)N5CCN(C(=O)OC(C)(C)C)CC5)cc4)c3)c(-c3ccc(F)cc3)c2C1=O. The molecule has 6 rings (SSSR count). The minimum absolute atomic E-state index is 0.0629. The number of likely N-dealkylation sites (N-methyl/N-ethyl adjacent to an activating group) is 1. The molecule has 254 valence electrons. The first-order chi connectivity index (χ1) is 23.4. The van der Waals surface area contributed by atoms with Crippen molar-refractivity contribution in [1.82, 2.24) is 24.7 Å². The summed E-state index contributed by atoms with van der Waals surface area (Å²) in [5.41, 5.74) is 4.78. The van der Waals surface area contributed by atoms with E-state index in [2.05, 4.69) is 15.3 Å². The molecule has 1 saturated heterocycles. The summed E-state index contributed by atoms with van der Waals surface area (Å²) < 4.78 is 19.2. The van der Waals surface area contributed by atoms with Crippen LogP contribution < -0.4 is 5.32 Å². The molecule has 1 fully saturated rings. The molecule has 0 saturated carbocycles. The number of aromatic nitrogens is 2. The van der Waals surface area contributed by atoms with Crippen molar-refractivity contribution in [3.8, 4) is 22.4 Å². The lowest BCUT2D eigenvalue weighted by Crippen LogP contribution is -2.51. The Kier molecular flexibility index (Phi) is 9.22. The number of fused-ring (bicyclic) bond motifs is 1. The van der Waals surface area contributed by atoms with Gasteiger partial charge in [0.25, 0.3) is 11.8 Å². The molecular weight excluding hydrogens is 627 g/mol. The number of nitrogens with zero attached hydrogens (tertiary/aromatic N) is 4. The fourth-order valence-electron chi connectivity index (χ4n) is 6.06. The van der Waals surface area contributed by atoms with Crippen molar-refractivity contribution < 1.29 is 28.3 Å². The highest BCUT2D eigenvalue weighted by Crippen LogP contribution is 2.39. The number of amides is 4. The number of halogens is 1. The van der Waals surface area contributed by atoms with Crippen LogP contribution in [0.25, 0.3) is 22.4 Å². The number of aromatic amines is 1. The summed E-state index contributed by atoms with van der Waals surface area (Å²) in [6.45, 7) is 7.62. The molecule has 4 aromatic rings. The van der Waals surface area contributed by atoms with Gasteiger partial charge in [0.05, 0.1) is 17.7 Å². The van der Waals surface area contributed by atoms with Gasteiger partial charge in [0.2, 0.25) is 5.91 Å². The van der Waals surface area contributed by atoms with Crippen molar-refractivity contribution in [3.63, 3.8) is 0 Å². The highest BCUT2D eigenvalue weighted by atomic mass is 19.1. The van der Waals surface area contributed by atoms with Gasteiger partial charge in [-0.1, -0.05) is 24.3 Å². The maximum atomic E-state index is 13.8. The van der Waals surface area contributed by atoms with Crippen molar-refractivity contribution >= 4 is 29.6 Å². The molecule has 0 radical (unpaired) electrons. The molecule has 2 aliphatic rings. The van der Waals surface area contributed by atoms with E-state index < -0.39 is 5.60 Å². The Hall–Kier alpha value is -5.52. The van der Waals surface area contributed by atoms with Crippen LogP contribution in [0, 0.1) is 5.82 Å². The number of pyridine rings is 1. The molecule has 0 aliphatic carbocycles. The van der Waals surface area contributed by atoms with Crippen LogP contribution in [0.4, 0.5) is 15.0 Å². The molecule has 12 heteroatoms. The van der Waals surface area contributed by atoms with E-state index in [-0.39, 0.29) is 36.1 Å². The molecule has 2 aromatic heterocycles. The summed E-state index contributed by atoms with van der Waals surface area (Å²) in [5.74, 6) is -0.577. The molecule has 0 atom stereocenters. The zero-order valence-corrected chi connectivity index (χ0v) is 28.0. The summed E-state index contributed by atoms with van der Waals surface area (Å²) >= 11 is 0. The highest BCUT2D eigenvalue weighted by Gasteiger charge is 2.31. The first-order valence-electron chi connectivity index (χ1n) is 16.2. The van der Waals surface area contributed by atoms with E-state index in [1.807, 2.05) is 20.8 Å². The van der Waals surface area contributed by atoms with Gasteiger partial charge in [-0.2, -0.15) is 0 Å². The smallest absolute Gasteiger partial charge is 0.410 e. The van der Waals surface area contributed by atoms with Crippen LogP contribution >= 0.6 is 0 Å². The second-order valence-corrected chi connectivity index (χ2v) is 13.3. The average Bonchev–Trinajstić information content (AvgIpc) is 3.47. The number of piperazine rings is 1. The Morgan fingerprint density at radius 3 is 2.24 bits per heavy atom. The number of nitrogens with one attached hydrogen (secondary N) is 2. The summed E-state index contributed by atoms with van der Waals surface area (Å²) in [6, 6.07) is 16.5. The predicted octanol–water partition coefficient (Wildman–Crippen LogP) is 5.39. The fourth-order valence-corrected chi connectivity index (χ4v) is 6.06. The fraction of sp³-hybridized carbons (Fsp3) is 0.324. The zero-order chi connectivity index (χ0) is 34.9. The first kappa shape index (κ1) is 33.4. The third-order valence-electron chi connectivity index (χ3n) is 8.57. The van der Waals surface area contributed by atoms with Crippen LogP contribution in [-0.2, 0) is 22.4 Å². The number of carbonyl (C=O) groups is 4.